The number of carbonyl (C=O) groups is 2. The van der Waals surface area contributed by atoms with Crippen molar-refractivity contribution < 1.29 is 19.1 Å². The second-order valence-corrected chi connectivity index (χ2v) is 5.39. The van der Waals surface area contributed by atoms with Crippen LogP contribution in [0.2, 0.25) is 0 Å². The van der Waals surface area contributed by atoms with E-state index in [1.807, 2.05) is 31.2 Å². The maximum absolute atomic E-state index is 12.0. The first-order valence-electron chi connectivity index (χ1n) is 8.10. The van der Waals surface area contributed by atoms with E-state index >= 15 is 0 Å². The van der Waals surface area contributed by atoms with E-state index in [1.165, 1.54) is 0 Å². The Morgan fingerprint density at radius 3 is 2.44 bits per heavy atom. The third kappa shape index (κ3) is 6.18. The summed E-state index contributed by atoms with van der Waals surface area (Å²) >= 11 is 0. The summed E-state index contributed by atoms with van der Waals surface area (Å²) in [7, 11) is 0. The Bertz CT molecular complexity index is 714. The van der Waals surface area contributed by atoms with E-state index in [-0.39, 0.29) is 25.5 Å². The van der Waals surface area contributed by atoms with Crippen molar-refractivity contribution in [3.05, 3.63) is 54.1 Å². The van der Waals surface area contributed by atoms with Gasteiger partial charge in [-0.25, -0.2) is 0 Å². The number of hydrogen-bond donors (Lipinski definition) is 2. The molecule has 0 aromatic heterocycles. The van der Waals surface area contributed by atoms with Crippen LogP contribution >= 0.6 is 0 Å². The normalized spacial score (nSPS) is 10.1. The minimum absolute atomic E-state index is 0.0616. The molecule has 0 aliphatic rings. The Balaban J connectivity index is 1.81. The maximum Gasteiger partial charge on any atom is 0.262 e. The standard InChI is InChI=1S/C19H22N2O4/c1-2-14-5-3-4-6-17(14)25-13-19(23)21-15-7-9-16(10-8-15)24-12-11-18(20)22/h3-10H,2,11-13H2,1H3,(H2,20,22)(H,21,23). The molecule has 25 heavy (non-hydrogen) atoms. The lowest BCUT2D eigenvalue weighted by Gasteiger charge is -2.11. The van der Waals surface area contributed by atoms with Crippen LogP contribution in [0.15, 0.2) is 48.5 Å². The fourth-order valence-corrected chi connectivity index (χ4v) is 2.18. The van der Waals surface area contributed by atoms with Crippen molar-refractivity contribution in [1.82, 2.24) is 0 Å². The first kappa shape index (κ1) is 18.3. The van der Waals surface area contributed by atoms with E-state index in [2.05, 4.69) is 5.32 Å². The van der Waals surface area contributed by atoms with Gasteiger partial charge in [-0.15, -0.1) is 0 Å². The van der Waals surface area contributed by atoms with Crippen molar-refractivity contribution in [2.24, 2.45) is 5.73 Å². The largest absolute Gasteiger partial charge is 0.493 e. The summed E-state index contributed by atoms with van der Waals surface area (Å²) in [5.41, 5.74) is 6.75. The van der Waals surface area contributed by atoms with Crippen LogP contribution in [-0.4, -0.2) is 25.0 Å². The first-order valence-corrected chi connectivity index (χ1v) is 8.10. The van der Waals surface area contributed by atoms with Gasteiger partial charge in [0.15, 0.2) is 6.61 Å². The van der Waals surface area contributed by atoms with Crippen LogP contribution < -0.4 is 20.5 Å². The molecule has 0 heterocycles. The molecule has 2 rings (SSSR count). The number of nitrogens with one attached hydrogen (secondary N) is 1. The highest BCUT2D eigenvalue weighted by molar-refractivity contribution is 5.91. The van der Waals surface area contributed by atoms with Gasteiger partial charge in [-0.3, -0.25) is 9.59 Å². The Labute approximate surface area is 146 Å². The molecule has 0 atom stereocenters. The van der Waals surface area contributed by atoms with Crippen LogP contribution in [0, 0.1) is 0 Å². The van der Waals surface area contributed by atoms with Crippen LogP contribution in [0.3, 0.4) is 0 Å². The number of primary amides is 1. The van der Waals surface area contributed by atoms with Crippen molar-refractivity contribution in [2.75, 3.05) is 18.5 Å². The summed E-state index contributed by atoms with van der Waals surface area (Å²) in [6, 6.07) is 14.5. The maximum atomic E-state index is 12.0. The molecule has 3 N–H and O–H groups in total. The number of benzene rings is 2. The lowest BCUT2D eigenvalue weighted by Crippen LogP contribution is -2.20. The van der Waals surface area contributed by atoms with E-state index in [0.717, 1.165) is 17.7 Å². The highest BCUT2D eigenvalue weighted by atomic mass is 16.5. The number of carbonyl (C=O) groups excluding carboxylic acids is 2. The van der Waals surface area contributed by atoms with Gasteiger partial charge in [-0.2, -0.15) is 0 Å². The van der Waals surface area contributed by atoms with Crippen LogP contribution in [0.1, 0.15) is 18.9 Å². The molecule has 0 spiro atoms. The third-order valence-electron chi connectivity index (χ3n) is 3.47. The summed E-state index contributed by atoms with van der Waals surface area (Å²) in [6.07, 6.45) is 1.00. The molecular weight excluding hydrogens is 320 g/mol. The Hall–Kier alpha value is -3.02. The zero-order valence-corrected chi connectivity index (χ0v) is 14.2. The van der Waals surface area contributed by atoms with Gasteiger partial charge in [0.1, 0.15) is 11.5 Å². The number of rotatable bonds is 9. The molecule has 6 nitrogen and oxygen atoms in total. The zero-order valence-electron chi connectivity index (χ0n) is 14.2. The van der Waals surface area contributed by atoms with E-state index < -0.39 is 5.91 Å². The molecule has 0 aliphatic heterocycles. The molecule has 6 heteroatoms. The topological polar surface area (TPSA) is 90.7 Å². The smallest absolute Gasteiger partial charge is 0.262 e. The number of ether oxygens (including phenoxy) is 2. The summed E-state index contributed by atoms with van der Waals surface area (Å²) in [5, 5.41) is 2.76. The van der Waals surface area contributed by atoms with E-state index in [9.17, 15) is 9.59 Å². The lowest BCUT2D eigenvalue weighted by atomic mass is 10.1. The van der Waals surface area contributed by atoms with Gasteiger partial charge in [0, 0.05) is 5.69 Å². The quantitative estimate of drug-likeness (QED) is 0.732. The van der Waals surface area contributed by atoms with Crippen LogP contribution in [0.4, 0.5) is 5.69 Å². The highest BCUT2D eigenvalue weighted by Gasteiger charge is 2.06. The molecule has 0 fully saturated rings. The van der Waals surface area contributed by atoms with E-state index in [1.54, 1.807) is 24.3 Å². The summed E-state index contributed by atoms with van der Waals surface area (Å²) < 4.78 is 11.0. The monoisotopic (exact) mass is 342 g/mol. The first-order chi connectivity index (χ1) is 12.1. The molecule has 2 amide bonds. The molecule has 2 aromatic carbocycles. The predicted molar refractivity (Wildman–Crippen MR) is 95.7 cm³/mol. The lowest BCUT2D eigenvalue weighted by molar-refractivity contribution is -0.119. The molecule has 0 radical (unpaired) electrons. The minimum atomic E-state index is -0.409. The van der Waals surface area contributed by atoms with Gasteiger partial charge >= 0.3 is 0 Å². The van der Waals surface area contributed by atoms with Crippen molar-refractivity contribution in [1.29, 1.82) is 0 Å². The number of nitrogens with two attached hydrogens (primary N) is 1. The predicted octanol–water partition coefficient (Wildman–Crippen LogP) is 2.52. The average Bonchev–Trinajstić information content (AvgIpc) is 2.61. The Morgan fingerprint density at radius 1 is 1.04 bits per heavy atom. The fraction of sp³-hybridized carbons (Fsp3) is 0.263. The minimum Gasteiger partial charge on any atom is -0.493 e. The molecule has 0 aliphatic carbocycles. The number of aryl methyl sites for hydroxylation is 1. The molecule has 0 unspecified atom stereocenters. The zero-order chi connectivity index (χ0) is 18.1. The van der Waals surface area contributed by atoms with Gasteiger partial charge in [0.2, 0.25) is 5.91 Å². The summed E-state index contributed by atoms with van der Waals surface area (Å²) in [4.78, 5) is 22.7. The number of para-hydroxylation sites is 1. The van der Waals surface area contributed by atoms with Crippen molar-refractivity contribution in [2.45, 2.75) is 19.8 Å². The molecule has 0 bridgehead atoms. The van der Waals surface area contributed by atoms with Gasteiger partial charge in [-0.1, -0.05) is 25.1 Å². The Morgan fingerprint density at radius 2 is 1.76 bits per heavy atom. The number of anilines is 1. The van der Waals surface area contributed by atoms with Crippen molar-refractivity contribution >= 4 is 17.5 Å². The fourth-order valence-electron chi connectivity index (χ4n) is 2.18. The second kappa shape index (κ2) is 9.32. The molecule has 2 aromatic rings. The average molecular weight is 342 g/mol. The number of hydrogen-bond acceptors (Lipinski definition) is 4. The Kier molecular flexibility index (Phi) is 6.83. The summed E-state index contributed by atoms with van der Waals surface area (Å²) in [6.45, 7) is 2.20. The van der Waals surface area contributed by atoms with Crippen molar-refractivity contribution in [3.8, 4) is 11.5 Å². The molecular formula is C19H22N2O4. The van der Waals surface area contributed by atoms with Crippen LogP contribution in [0.5, 0.6) is 11.5 Å². The van der Waals surface area contributed by atoms with Crippen LogP contribution in [0.25, 0.3) is 0 Å². The van der Waals surface area contributed by atoms with Gasteiger partial charge in [-0.05, 0) is 42.3 Å². The molecule has 0 saturated carbocycles. The van der Waals surface area contributed by atoms with Crippen molar-refractivity contribution in [3.63, 3.8) is 0 Å². The molecule has 0 saturated heterocycles. The SMILES string of the molecule is CCc1ccccc1OCC(=O)Nc1ccc(OCCC(N)=O)cc1. The third-order valence-corrected chi connectivity index (χ3v) is 3.47. The van der Waals surface area contributed by atoms with Gasteiger partial charge in [0.05, 0.1) is 13.0 Å². The van der Waals surface area contributed by atoms with E-state index in [4.69, 9.17) is 15.2 Å². The summed E-state index contributed by atoms with van der Waals surface area (Å²) in [5.74, 6) is 0.674. The highest BCUT2D eigenvalue weighted by Crippen LogP contribution is 2.19. The number of amides is 2. The molecule has 132 valence electrons. The second-order valence-electron chi connectivity index (χ2n) is 5.39. The van der Waals surface area contributed by atoms with Gasteiger partial charge in [0.25, 0.3) is 5.91 Å². The van der Waals surface area contributed by atoms with Gasteiger partial charge < -0.3 is 20.5 Å². The van der Waals surface area contributed by atoms with E-state index in [0.29, 0.717) is 11.4 Å². The van der Waals surface area contributed by atoms with Crippen LogP contribution in [-0.2, 0) is 16.0 Å².